The van der Waals surface area contributed by atoms with Gasteiger partial charge in [-0.25, -0.2) is 19.9 Å². The summed E-state index contributed by atoms with van der Waals surface area (Å²) in [5.41, 5.74) is 7.87. The standard InChI is InChI=1S/C26H30N8O2/c1-32(19-11-14-33(15-12-19)26-28-16-18-6-2-3-7-20(18)31-26)23(35)8-4-5-13-34-17-29-22-10-9-21(24(27)36)30-25(22)34/h2-3,6-7,9-10,16-17,19H,4-5,8,11-15H2,1H3,(H2,27,36). The SMILES string of the molecule is CN(C(=O)CCCCn1cnc2ccc(C(N)=O)nc21)C1CCN(c2ncc3ccccc3n2)CC1. The summed E-state index contributed by atoms with van der Waals surface area (Å²) in [6.07, 6.45) is 7.45. The van der Waals surface area contributed by atoms with Gasteiger partial charge in [0.1, 0.15) is 11.2 Å². The highest BCUT2D eigenvalue weighted by atomic mass is 16.2. The number of nitrogens with zero attached hydrogens (tertiary/aromatic N) is 7. The predicted molar refractivity (Wildman–Crippen MR) is 137 cm³/mol. The summed E-state index contributed by atoms with van der Waals surface area (Å²) < 4.78 is 1.90. The number of anilines is 1. The predicted octanol–water partition coefficient (Wildman–Crippen LogP) is 2.77. The van der Waals surface area contributed by atoms with E-state index >= 15 is 0 Å². The maximum absolute atomic E-state index is 12.8. The minimum Gasteiger partial charge on any atom is -0.364 e. The van der Waals surface area contributed by atoms with E-state index in [9.17, 15) is 9.59 Å². The van der Waals surface area contributed by atoms with Gasteiger partial charge in [-0.2, -0.15) is 0 Å². The summed E-state index contributed by atoms with van der Waals surface area (Å²) in [5.74, 6) is 0.361. The first-order valence-corrected chi connectivity index (χ1v) is 12.3. The third kappa shape index (κ3) is 4.98. The third-order valence-corrected chi connectivity index (χ3v) is 6.92. The number of piperidine rings is 1. The molecule has 0 spiro atoms. The summed E-state index contributed by atoms with van der Waals surface area (Å²) in [7, 11) is 1.91. The molecule has 3 aromatic heterocycles. The molecule has 186 valence electrons. The van der Waals surface area contributed by atoms with E-state index in [1.54, 1.807) is 18.5 Å². The third-order valence-electron chi connectivity index (χ3n) is 6.92. The van der Waals surface area contributed by atoms with Crippen LogP contribution in [0.3, 0.4) is 0 Å². The van der Waals surface area contributed by atoms with Crippen molar-refractivity contribution in [3.63, 3.8) is 0 Å². The maximum atomic E-state index is 12.8. The van der Waals surface area contributed by atoms with Gasteiger partial charge in [-0.15, -0.1) is 0 Å². The minimum atomic E-state index is -0.561. The number of hydrogen-bond acceptors (Lipinski definition) is 7. The average Bonchev–Trinajstić information content (AvgIpc) is 3.32. The van der Waals surface area contributed by atoms with Crippen LogP contribution >= 0.6 is 0 Å². The van der Waals surface area contributed by atoms with Gasteiger partial charge in [-0.1, -0.05) is 18.2 Å². The van der Waals surface area contributed by atoms with E-state index < -0.39 is 5.91 Å². The Morgan fingerprint density at radius 3 is 2.64 bits per heavy atom. The zero-order valence-corrected chi connectivity index (χ0v) is 20.4. The summed E-state index contributed by atoms with van der Waals surface area (Å²) >= 11 is 0. The van der Waals surface area contributed by atoms with Crippen LogP contribution in [0.25, 0.3) is 22.1 Å². The molecule has 1 fully saturated rings. The van der Waals surface area contributed by atoms with E-state index in [0.29, 0.717) is 18.6 Å². The Morgan fingerprint density at radius 1 is 1.03 bits per heavy atom. The molecule has 36 heavy (non-hydrogen) atoms. The van der Waals surface area contributed by atoms with Crippen molar-refractivity contribution in [1.82, 2.24) is 29.4 Å². The second-order valence-corrected chi connectivity index (χ2v) is 9.25. The van der Waals surface area contributed by atoms with E-state index in [4.69, 9.17) is 10.7 Å². The van der Waals surface area contributed by atoms with Crippen molar-refractivity contribution in [3.05, 3.63) is 54.6 Å². The van der Waals surface area contributed by atoms with Gasteiger partial charge in [-0.3, -0.25) is 9.59 Å². The number of pyridine rings is 1. The highest BCUT2D eigenvalue weighted by molar-refractivity contribution is 5.92. The van der Waals surface area contributed by atoms with Crippen molar-refractivity contribution >= 4 is 39.8 Å². The summed E-state index contributed by atoms with van der Waals surface area (Å²) in [5, 5.41) is 1.04. The van der Waals surface area contributed by atoms with Crippen LogP contribution in [0.5, 0.6) is 0 Å². The van der Waals surface area contributed by atoms with Crippen LogP contribution in [0, 0.1) is 0 Å². The fourth-order valence-electron chi connectivity index (χ4n) is 4.75. The molecule has 0 unspecified atom stereocenters. The minimum absolute atomic E-state index is 0.167. The summed E-state index contributed by atoms with van der Waals surface area (Å²) in [6.45, 7) is 2.33. The van der Waals surface area contributed by atoms with E-state index in [1.807, 2.05) is 47.0 Å². The number of carbonyl (C=O) groups excluding carboxylic acids is 2. The van der Waals surface area contributed by atoms with E-state index in [1.165, 1.54) is 0 Å². The van der Waals surface area contributed by atoms with Crippen LogP contribution in [0.1, 0.15) is 42.6 Å². The molecule has 4 heterocycles. The number of primary amides is 1. The second kappa shape index (κ2) is 10.3. The van der Waals surface area contributed by atoms with Crippen molar-refractivity contribution in [2.75, 3.05) is 25.0 Å². The monoisotopic (exact) mass is 486 g/mol. The molecule has 2 amide bonds. The molecule has 4 aromatic rings. The zero-order chi connectivity index (χ0) is 25.1. The maximum Gasteiger partial charge on any atom is 0.267 e. The summed E-state index contributed by atoms with van der Waals surface area (Å²) in [4.78, 5) is 46.3. The van der Waals surface area contributed by atoms with Crippen molar-refractivity contribution in [2.45, 2.75) is 44.7 Å². The second-order valence-electron chi connectivity index (χ2n) is 9.25. The van der Waals surface area contributed by atoms with Gasteiger partial charge in [0.25, 0.3) is 5.91 Å². The fraction of sp³-hybridized carbons (Fsp3) is 0.385. The number of unbranched alkanes of at least 4 members (excludes halogenated alkanes) is 1. The van der Waals surface area contributed by atoms with Crippen LogP contribution in [0.15, 0.2) is 48.9 Å². The highest BCUT2D eigenvalue weighted by Crippen LogP contribution is 2.22. The molecule has 1 aliphatic heterocycles. The fourth-order valence-corrected chi connectivity index (χ4v) is 4.75. The van der Waals surface area contributed by atoms with Crippen LogP contribution < -0.4 is 10.6 Å². The lowest BCUT2D eigenvalue weighted by atomic mass is 10.0. The smallest absolute Gasteiger partial charge is 0.267 e. The normalized spacial score (nSPS) is 14.4. The lowest BCUT2D eigenvalue weighted by molar-refractivity contribution is -0.132. The van der Waals surface area contributed by atoms with Crippen molar-refractivity contribution in [1.29, 1.82) is 0 Å². The van der Waals surface area contributed by atoms with Crippen LogP contribution in [0.2, 0.25) is 0 Å². The van der Waals surface area contributed by atoms with Gasteiger partial charge in [0.15, 0.2) is 5.65 Å². The first-order valence-electron chi connectivity index (χ1n) is 12.3. The number of hydrogen-bond donors (Lipinski definition) is 1. The van der Waals surface area contributed by atoms with E-state index in [2.05, 4.69) is 19.9 Å². The molecule has 0 saturated carbocycles. The number of rotatable bonds is 8. The molecule has 0 radical (unpaired) electrons. The number of carbonyl (C=O) groups is 2. The average molecular weight is 487 g/mol. The molecular weight excluding hydrogens is 456 g/mol. The molecule has 5 rings (SSSR count). The number of amides is 2. The van der Waals surface area contributed by atoms with Crippen molar-refractivity contribution in [2.24, 2.45) is 5.73 Å². The van der Waals surface area contributed by atoms with Crippen LogP contribution in [-0.2, 0) is 11.3 Å². The number of aromatic nitrogens is 5. The molecule has 0 bridgehead atoms. The Hall–Kier alpha value is -4.08. The molecule has 0 aliphatic carbocycles. The topological polar surface area (TPSA) is 123 Å². The highest BCUT2D eigenvalue weighted by Gasteiger charge is 2.26. The molecule has 1 aromatic carbocycles. The lowest BCUT2D eigenvalue weighted by Gasteiger charge is -2.36. The number of para-hydroxylation sites is 1. The number of fused-ring (bicyclic) bond motifs is 2. The number of aryl methyl sites for hydroxylation is 1. The zero-order valence-electron chi connectivity index (χ0n) is 20.4. The Kier molecular flexibility index (Phi) is 6.75. The molecule has 2 N–H and O–H groups in total. The molecule has 1 saturated heterocycles. The Morgan fingerprint density at radius 2 is 1.83 bits per heavy atom. The number of nitrogens with two attached hydrogens (primary N) is 1. The van der Waals surface area contributed by atoms with Gasteiger partial charge in [0.2, 0.25) is 11.9 Å². The van der Waals surface area contributed by atoms with Gasteiger partial charge < -0.3 is 20.1 Å². The Labute approximate surface area is 209 Å². The van der Waals surface area contributed by atoms with Gasteiger partial charge in [-0.05, 0) is 43.9 Å². The largest absolute Gasteiger partial charge is 0.364 e. The van der Waals surface area contributed by atoms with Gasteiger partial charge >= 0.3 is 0 Å². The molecule has 0 atom stereocenters. The van der Waals surface area contributed by atoms with Crippen LogP contribution in [0.4, 0.5) is 5.95 Å². The quantitative estimate of drug-likeness (QED) is 0.380. The molecule has 10 nitrogen and oxygen atoms in total. The number of imidazole rings is 1. The van der Waals surface area contributed by atoms with Crippen molar-refractivity contribution in [3.8, 4) is 0 Å². The Balaban J connectivity index is 1.09. The van der Waals surface area contributed by atoms with Crippen molar-refractivity contribution < 1.29 is 9.59 Å². The molecular formula is C26H30N8O2. The van der Waals surface area contributed by atoms with Crippen LogP contribution in [-0.4, -0.2) is 67.4 Å². The van der Waals surface area contributed by atoms with E-state index in [0.717, 1.165) is 61.1 Å². The summed E-state index contributed by atoms with van der Waals surface area (Å²) in [6, 6.07) is 11.5. The van der Waals surface area contributed by atoms with E-state index in [-0.39, 0.29) is 17.6 Å². The lowest BCUT2D eigenvalue weighted by Crippen LogP contribution is -2.46. The molecule has 1 aliphatic rings. The number of benzene rings is 1. The van der Waals surface area contributed by atoms with Gasteiger partial charge in [0.05, 0.1) is 11.8 Å². The Bertz CT molecular complexity index is 1390. The van der Waals surface area contributed by atoms with Gasteiger partial charge in [0, 0.05) is 50.7 Å². The first-order chi connectivity index (χ1) is 17.5. The molecule has 10 heteroatoms. The first kappa shape index (κ1) is 23.7.